The van der Waals surface area contributed by atoms with E-state index in [1.807, 2.05) is 0 Å². The fourth-order valence-corrected chi connectivity index (χ4v) is 15.9. The lowest BCUT2D eigenvalue weighted by Crippen LogP contribution is -2.69. The zero-order chi connectivity index (χ0) is 89.4. The SMILES string of the molecule is OC[C@H]1O[C@H](O[C@@H]2[C@@H](O)[C@@H](O[C@@H]3[C@@H](O)[C@@H](O[C@@H]4[C@@H](O)[C@@H](O[C@@H]5[C@@H](O)[C@@H](O[C@@H]6[C@@H](O)[C@@H](O[C@@H]7[C@@H](O)[C@@H](O[C@@H]8[C@@H](O)[C@@H](O[C@@H]9[C@@H](O)[C@@H](O[C@@H]%10[C@@H](O)[C@@H](O[C@H]%11[C@H](O)[C@@H](CO)OC(O)[C@@H]%11O)O[C@H](CO)[C@H]%10O)O[C@H](CO)[C@H]9O)O[C@H](CO)[C@H]8O)O[C@H](CO)[C@H]7O)O[C@H](CO)[C@H]6O)O[C@H](CO)[C@H]5O)O[C@H](CO)[C@H]4O)O[C@H](CO)[C@H]3O)O[C@H](CO)[C@H]2O)[C@H](O)[C@@H](O)[C@@H]1O. The van der Waals surface area contributed by atoms with Crippen LogP contribution in [0.2, 0.25) is 0 Å². The minimum atomic E-state index is -2.49. The van der Waals surface area contributed by atoms with E-state index in [4.69, 9.17) is 99.5 Å². The maximum Gasteiger partial charge on any atom is 0.187 e. The highest BCUT2D eigenvalue weighted by molar-refractivity contribution is 5.05. The molecule has 0 aliphatic carbocycles. The highest BCUT2D eigenvalue weighted by atomic mass is 16.8. The van der Waals surface area contributed by atoms with Gasteiger partial charge < -0.3 is 278 Å². The molecule has 0 saturated carbocycles. The smallest absolute Gasteiger partial charge is 0.187 e. The van der Waals surface area contributed by atoms with Crippen LogP contribution in [-0.2, 0) is 99.5 Å². The van der Waals surface area contributed by atoms with Crippen LogP contribution in [0, 0.1) is 0 Å². The second-order valence-electron chi connectivity index (χ2n) is 30.8. The fourth-order valence-electron chi connectivity index (χ4n) is 15.9. The van der Waals surface area contributed by atoms with Gasteiger partial charge in [0.15, 0.2) is 69.2 Å². The molecule has 35 N–H and O–H groups in total. The summed E-state index contributed by atoms with van der Waals surface area (Å²) in [6.45, 7) is -12.3. The summed E-state index contributed by atoms with van der Waals surface area (Å²) in [5, 5.41) is 385. The molecule has 11 aliphatic rings. The molecule has 11 aliphatic heterocycles. The predicted octanol–water partition coefficient (Wildman–Crippen LogP) is -25.0. The first-order chi connectivity index (χ1) is 57.9. The summed E-state index contributed by atoms with van der Waals surface area (Å²) in [5.74, 6) is 0. The largest absolute Gasteiger partial charge is 0.394 e. The molecule has 11 fully saturated rings. The molecule has 55 atom stereocenters. The van der Waals surface area contributed by atoms with Crippen molar-refractivity contribution >= 4 is 0 Å². The number of aliphatic hydroxyl groups is 35. The Labute approximate surface area is 687 Å². The monoisotopic (exact) mass is 1800 g/mol. The van der Waals surface area contributed by atoms with Crippen LogP contribution in [0.1, 0.15) is 0 Å². The zero-order valence-corrected chi connectivity index (χ0v) is 63.8. The zero-order valence-electron chi connectivity index (χ0n) is 63.8. The Balaban J connectivity index is 0.754. The summed E-state index contributed by atoms with van der Waals surface area (Å²) >= 11 is 0. The Bertz CT molecular complexity index is 3090. The van der Waals surface area contributed by atoms with Crippen LogP contribution in [0.15, 0.2) is 0 Å². The van der Waals surface area contributed by atoms with Crippen LogP contribution in [0.5, 0.6) is 0 Å². The second-order valence-corrected chi connectivity index (χ2v) is 30.8. The molecular weight excluding hydrogens is 1690 g/mol. The maximum atomic E-state index is 12.0. The Morgan fingerprint density at radius 1 is 0.123 bits per heavy atom. The Kier molecular flexibility index (Phi) is 35.7. The quantitative estimate of drug-likeness (QED) is 0.0306. The molecular formula is C66H112O56. The molecule has 1 unspecified atom stereocenters. The average molecular weight is 1800 g/mol. The van der Waals surface area contributed by atoms with E-state index in [0.29, 0.717) is 0 Å². The summed E-state index contributed by atoms with van der Waals surface area (Å²) in [7, 11) is 0. The van der Waals surface area contributed by atoms with Crippen molar-refractivity contribution in [3.8, 4) is 0 Å². The molecule has 0 radical (unpaired) electrons. The molecule has 0 aromatic carbocycles. The molecule has 712 valence electrons. The number of rotatable bonds is 31. The second kappa shape index (κ2) is 43.4. The van der Waals surface area contributed by atoms with Gasteiger partial charge in [0.1, 0.15) is 269 Å². The van der Waals surface area contributed by atoms with Crippen molar-refractivity contribution in [2.45, 2.75) is 338 Å². The van der Waals surface area contributed by atoms with Crippen molar-refractivity contribution in [2.75, 3.05) is 72.7 Å². The summed E-state index contributed by atoms with van der Waals surface area (Å²) in [4.78, 5) is 0. The average Bonchev–Trinajstić information content (AvgIpc) is 0.769. The van der Waals surface area contributed by atoms with Crippen molar-refractivity contribution in [1.29, 1.82) is 0 Å². The first kappa shape index (κ1) is 100. The van der Waals surface area contributed by atoms with E-state index in [0.717, 1.165) is 0 Å². The summed E-state index contributed by atoms with van der Waals surface area (Å²) in [6.07, 6.45) is -118. The molecule has 11 heterocycles. The van der Waals surface area contributed by atoms with Gasteiger partial charge in [-0.25, -0.2) is 0 Å². The predicted molar refractivity (Wildman–Crippen MR) is 362 cm³/mol. The molecule has 11 rings (SSSR count). The van der Waals surface area contributed by atoms with Gasteiger partial charge in [-0.2, -0.15) is 0 Å². The number of aliphatic hydroxyl groups excluding tert-OH is 35. The van der Waals surface area contributed by atoms with Gasteiger partial charge in [0.2, 0.25) is 0 Å². The van der Waals surface area contributed by atoms with Crippen molar-refractivity contribution in [1.82, 2.24) is 0 Å². The van der Waals surface area contributed by atoms with Crippen LogP contribution in [-0.4, -0.2) is 589 Å². The van der Waals surface area contributed by atoms with E-state index in [1.165, 1.54) is 0 Å². The summed E-state index contributed by atoms with van der Waals surface area (Å²) < 4.78 is 118. The van der Waals surface area contributed by atoms with Gasteiger partial charge in [-0.05, 0) is 0 Å². The molecule has 56 heteroatoms. The van der Waals surface area contributed by atoms with Crippen LogP contribution in [0.25, 0.3) is 0 Å². The Morgan fingerprint density at radius 2 is 0.238 bits per heavy atom. The highest BCUT2D eigenvalue weighted by Gasteiger charge is 2.63. The summed E-state index contributed by atoms with van der Waals surface area (Å²) in [6, 6.07) is 0. The minimum Gasteiger partial charge on any atom is -0.394 e. The van der Waals surface area contributed by atoms with E-state index >= 15 is 0 Å². The standard InChI is InChI=1S/C66H112O56/c67-1-12-23(78)34(89)35(90)57(103-12)114-47-25(80)14(3-69)105-59(37(47)92)116-49-27(82)16(5-71)107-61(39(49)94)118-51-29(84)18(7-73)109-63(41(51)96)120-53-31(86)20(9-75)111-65(43(53)98)122-55-33(88)22(11-77)112-66(45(55)100)121-54-32(87)21(10-76)110-64(44(54)99)119-52-30(85)19(8-74)108-62(42(52)97)117-50-28(83)17(6-72)106-60(40(50)95)115-48-26(81)15(4-70)104-58(38(48)93)113-46-24(79)13(2-68)102-56(101)36(46)91/h12-101H,1-11H2/t12-,13-,14-,15-,16-,17-,18-,19-,20-,21-,22-,23-,24-,25-,26-,27-,28-,29-,30-,31-,32-,33-,34+,35-,36-,37-,38-,39-,40-,41-,42-,43-,44-,45-,46+,47+,48+,49+,50+,51+,52+,53+,54+,55+,56?,57-,58-,59-,60-,61-,62-,63-,64-,65-,66-/m1/s1. The number of hydrogen-bond acceptors (Lipinski definition) is 56. The van der Waals surface area contributed by atoms with Crippen molar-refractivity contribution < 1.29 is 278 Å². The first-order valence-corrected chi connectivity index (χ1v) is 38.7. The third kappa shape index (κ3) is 20.5. The minimum absolute atomic E-state index is 0.924. The lowest BCUT2D eigenvalue weighted by molar-refractivity contribution is -0.404. The molecule has 56 nitrogen and oxygen atoms in total. The third-order valence-corrected chi connectivity index (χ3v) is 23.0. The van der Waals surface area contributed by atoms with Gasteiger partial charge in [0.05, 0.1) is 72.7 Å². The van der Waals surface area contributed by atoms with Gasteiger partial charge in [-0.1, -0.05) is 0 Å². The maximum absolute atomic E-state index is 12.0. The van der Waals surface area contributed by atoms with E-state index in [-0.39, 0.29) is 0 Å². The van der Waals surface area contributed by atoms with E-state index in [9.17, 15) is 179 Å². The van der Waals surface area contributed by atoms with Gasteiger partial charge in [0.25, 0.3) is 0 Å². The lowest BCUT2D eigenvalue weighted by atomic mass is 9.94. The molecule has 0 bridgehead atoms. The number of hydrogen-bond donors (Lipinski definition) is 35. The third-order valence-electron chi connectivity index (χ3n) is 23.0. The van der Waals surface area contributed by atoms with Crippen LogP contribution < -0.4 is 0 Å². The van der Waals surface area contributed by atoms with Crippen molar-refractivity contribution in [2.24, 2.45) is 0 Å². The normalized spacial score (nSPS) is 53.8. The lowest BCUT2D eigenvalue weighted by Gasteiger charge is -2.50. The fraction of sp³-hybridized carbons (Fsp3) is 1.00. The van der Waals surface area contributed by atoms with Crippen LogP contribution >= 0.6 is 0 Å². The molecule has 11 saturated heterocycles. The molecule has 0 spiro atoms. The molecule has 0 aromatic heterocycles. The first-order valence-electron chi connectivity index (χ1n) is 38.7. The molecule has 0 amide bonds. The van der Waals surface area contributed by atoms with E-state index in [1.54, 1.807) is 0 Å². The van der Waals surface area contributed by atoms with Crippen molar-refractivity contribution in [3.05, 3.63) is 0 Å². The van der Waals surface area contributed by atoms with Crippen LogP contribution in [0.4, 0.5) is 0 Å². The van der Waals surface area contributed by atoms with Gasteiger partial charge >= 0.3 is 0 Å². The number of ether oxygens (including phenoxy) is 21. The van der Waals surface area contributed by atoms with Crippen LogP contribution in [0.3, 0.4) is 0 Å². The topological polar surface area (TPSA) is 902 Å². The molecule has 0 aromatic rings. The van der Waals surface area contributed by atoms with Gasteiger partial charge in [0, 0.05) is 0 Å². The highest BCUT2D eigenvalue weighted by Crippen LogP contribution is 2.42. The molecule has 122 heavy (non-hydrogen) atoms. The van der Waals surface area contributed by atoms with Gasteiger partial charge in [-0.15, -0.1) is 0 Å². The van der Waals surface area contributed by atoms with Crippen molar-refractivity contribution in [3.63, 3.8) is 0 Å². The summed E-state index contributed by atoms with van der Waals surface area (Å²) in [5.41, 5.74) is 0. The van der Waals surface area contributed by atoms with E-state index < -0.39 is 410 Å². The van der Waals surface area contributed by atoms with Gasteiger partial charge in [-0.3, -0.25) is 0 Å². The Morgan fingerprint density at radius 3 is 0.377 bits per heavy atom. The van der Waals surface area contributed by atoms with E-state index in [2.05, 4.69) is 0 Å². The Hall–Kier alpha value is -2.24.